The van der Waals surface area contributed by atoms with E-state index in [-0.39, 0.29) is 6.17 Å². The van der Waals surface area contributed by atoms with Crippen molar-refractivity contribution in [1.82, 2.24) is 10.2 Å². The molecule has 2 N–H and O–H groups in total. The Kier molecular flexibility index (Phi) is 8.39. The minimum atomic E-state index is -0.403. The summed E-state index contributed by atoms with van der Waals surface area (Å²) in [7, 11) is 0. The summed E-state index contributed by atoms with van der Waals surface area (Å²) in [6.45, 7) is 4.03. The molecule has 0 aliphatic carbocycles. The molecule has 0 bridgehead atoms. The van der Waals surface area contributed by atoms with E-state index in [1.807, 2.05) is 24.2 Å². The predicted octanol–water partition coefficient (Wildman–Crippen LogP) is 3.72. The molecule has 0 aromatic heterocycles. The maximum Gasteiger partial charge on any atom is 0.125 e. The third-order valence-corrected chi connectivity index (χ3v) is 3.55. The Balaban J connectivity index is 1.96. The number of nitrogens with one attached hydrogen (secondary N) is 1. The second kappa shape index (κ2) is 9.90. The Morgan fingerprint density at radius 3 is 2.68 bits per heavy atom. The number of allylic oxidation sites excluding steroid dienone is 2. The van der Waals surface area contributed by atoms with Gasteiger partial charge in [0.15, 0.2) is 0 Å². The Bertz CT molecular complexity index is 274. The summed E-state index contributed by atoms with van der Waals surface area (Å²) in [4.78, 5) is 1.98. The van der Waals surface area contributed by atoms with Crippen LogP contribution in [-0.2, 0) is 0 Å². The molecule has 1 heterocycles. The lowest BCUT2D eigenvalue weighted by Gasteiger charge is -2.28. The van der Waals surface area contributed by atoms with Gasteiger partial charge in [0, 0.05) is 12.4 Å². The summed E-state index contributed by atoms with van der Waals surface area (Å²) in [6.07, 6.45) is 18.3. The Morgan fingerprint density at radius 2 is 1.95 bits per heavy atom. The molecule has 3 heteroatoms. The van der Waals surface area contributed by atoms with Gasteiger partial charge in [-0.25, -0.2) is 0 Å². The van der Waals surface area contributed by atoms with Gasteiger partial charge in [0.05, 0.1) is 0 Å². The van der Waals surface area contributed by atoms with Crippen LogP contribution in [0.1, 0.15) is 65.2 Å². The summed E-state index contributed by atoms with van der Waals surface area (Å²) >= 11 is 0. The smallest absolute Gasteiger partial charge is 0.125 e. The molecule has 2 unspecified atom stereocenters. The van der Waals surface area contributed by atoms with E-state index in [1.165, 1.54) is 44.9 Å². The third-order valence-electron chi connectivity index (χ3n) is 3.55. The fourth-order valence-corrected chi connectivity index (χ4v) is 2.40. The van der Waals surface area contributed by atoms with Gasteiger partial charge < -0.3 is 15.3 Å². The van der Waals surface area contributed by atoms with Crippen LogP contribution in [0.15, 0.2) is 24.6 Å². The minimum Gasteiger partial charge on any atom is -0.374 e. The lowest BCUT2D eigenvalue weighted by atomic mass is 10.1. The average Bonchev–Trinajstić information content (AvgIpc) is 2.85. The molecule has 2 atom stereocenters. The SMILES string of the molecule is CCC/C=C/CCCCCCC1NC=CN1C(C)O. The molecule has 0 aromatic rings. The van der Waals surface area contributed by atoms with Crippen molar-refractivity contribution in [2.45, 2.75) is 77.6 Å². The first-order valence-corrected chi connectivity index (χ1v) is 7.79. The van der Waals surface area contributed by atoms with Crippen LogP contribution in [0.4, 0.5) is 0 Å². The molecule has 0 fully saturated rings. The molecular weight excluding hydrogens is 236 g/mol. The third kappa shape index (κ3) is 6.67. The lowest BCUT2D eigenvalue weighted by molar-refractivity contribution is 0.0254. The van der Waals surface area contributed by atoms with Crippen LogP contribution < -0.4 is 5.32 Å². The second-order valence-electron chi connectivity index (χ2n) is 5.33. The van der Waals surface area contributed by atoms with Gasteiger partial charge in [0.2, 0.25) is 0 Å². The fraction of sp³-hybridized carbons (Fsp3) is 0.750. The first-order chi connectivity index (χ1) is 9.25. The van der Waals surface area contributed by atoms with Crippen LogP contribution in [-0.4, -0.2) is 22.4 Å². The number of hydrogen-bond acceptors (Lipinski definition) is 3. The normalized spacial score (nSPS) is 20.2. The van der Waals surface area contributed by atoms with Crippen molar-refractivity contribution < 1.29 is 5.11 Å². The molecule has 0 radical (unpaired) electrons. The van der Waals surface area contributed by atoms with Crippen molar-refractivity contribution in [2.75, 3.05) is 0 Å². The van der Waals surface area contributed by atoms with E-state index in [9.17, 15) is 5.11 Å². The van der Waals surface area contributed by atoms with Gasteiger partial charge in [0.25, 0.3) is 0 Å². The van der Waals surface area contributed by atoms with Crippen LogP contribution in [0, 0.1) is 0 Å². The number of hydrogen-bond donors (Lipinski definition) is 2. The molecule has 0 amide bonds. The number of aliphatic hydroxyl groups is 1. The summed E-state index contributed by atoms with van der Waals surface area (Å²) in [5, 5.41) is 12.9. The van der Waals surface area contributed by atoms with Gasteiger partial charge in [-0.1, -0.05) is 38.3 Å². The Labute approximate surface area is 118 Å². The van der Waals surface area contributed by atoms with Gasteiger partial charge in [-0.3, -0.25) is 0 Å². The highest BCUT2D eigenvalue weighted by molar-refractivity contribution is 4.94. The van der Waals surface area contributed by atoms with Crippen LogP contribution in [0.3, 0.4) is 0 Å². The van der Waals surface area contributed by atoms with Crippen LogP contribution in [0.25, 0.3) is 0 Å². The molecule has 0 aromatic carbocycles. The van der Waals surface area contributed by atoms with Gasteiger partial charge in [0.1, 0.15) is 12.4 Å². The van der Waals surface area contributed by atoms with Crippen LogP contribution in [0.2, 0.25) is 0 Å². The standard InChI is InChI=1S/C16H30N2O/c1-3-4-5-6-7-8-9-10-11-12-16-17-13-14-18(16)15(2)19/h5-6,13-17,19H,3-4,7-12H2,1-2H3/b6-5+. The summed E-state index contributed by atoms with van der Waals surface area (Å²) in [5.41, 5.74) is 0. The van der Waals surface area contributed by atoms with Crippen molar-refractivity contribution in [3.8, 4) is 0 Å². The zero-order valence-electron chi connectivity index (χ0n) is 12.5. The second-order valence-corrected chi connectivity index (χ2v) is 5.33. The van der Waals surface area contributed by atoms with E-state index in [0.29, 0.717) is 0 Å². The molecule has 3 nitrogen and oxygen atoms in total. The number of aliphatic hydroxyl groups excluding tert-OH is 1. The summed E-state index contributed by atoms with van der Waals surface area (Å²) < 4.78 is 0. The molecule has 0 saturated heterocycles. The first kappa shape index (κ1) is 16.1. The Morgan fingerprint density at radius 1 is 1.21 bits per heavy atom. The van der Waals surface area contributed by atoms with E-state index < -0.39 is 6.23 Å². The van der Waals surface area contributed by atoms with Gasteiger partial charge in [-0.2, -0.15) is 0 Å². The molecule has 19 heavy (non-hydrogen) atoms. The lowest BCUT2D eigenvalue weighted by Crippen LogP contribution is -2.40. The quantitative estimate of drug-likeness (QED) is 0.467. The van der Waals surface area contributed by atoms with Crippen LogP contribution >= 0.6 is 0 Å². The minimum absolute atomic E-state index is 0.282. The highest BCUT2D eigenvalue weighted by atomic mass is 16.3. The highest BCUT2D eigenvalue weighted by Gasteiger charge is 2.20. The predicted molar refractivity (Wildman–Crippen MR) is 81.3 cm³/mol. The molecule has 0 saturated carbocycles. The average molecular weight is 266 g/mol. The molecule has 110 valence electrons. The first-order valence-electron chi connectivity index (χ1n) is 7.79. The maximum atomic E-state index is 9.59. The largest absolute Gasteiger partial charge is 0.374 e. The van der Waals surface area contributed by atoms with E-state index in [2.05, 4.69) is 24.4 Å². The molecule has 1 aliphatic rings. The van der Waals surface area contributed by atoms with Gasteiger partial charge in [-0.15, -0.1) is 0 Å². The Hall–Kier alpha value is -0.960. The highest BCUT2D eigenvalue weighted by Crippen LogP contribution is 2.15. The van der Waals surface area contributed by atoms with Gasteiger partial charge in [-0.05, 0) is 39.0 Å². The number of rotatable bonds is 10. The van der Waals surface area contributed by atoms with E-state index in [1.54, 1.807) is 0 Å². The van der Waals surface area contributed by atoms with E-state index in [4.69, 9.17) is 0 Å². The summed E-state index contributed by atoms with van der Waals surface area (Å²) in [6, 6.07) is 0. The van der Waals surface area contributed by atoms with Crippen molar-refractivity contribution >= 4 is 0 Å². The molecule has 1 aliphatic heterocycles. The van der Waals surface area contributed by atoms with Crippen LogP contribution in [0.5, 0.6) is 0 Å². The zero-order valence-corrected chi connectivity index (χ0v) is 12.5. The van der Waals surface area contributed by atoms with Crippen molar-refractivity contribution in [3.63, 3.8) is 0 Å². The van der Waals surface area contributed by atoms with E-state index in [0.717, 1.165) is 6.42 Å². The zero-order chi connectivity index (χ0) is 13.9. The number of nitrogens with zero attached hydrogens (tertiary/aromatic N) is 1. The fourth-order valence-electron chi connectivity index (χ4n) is 2.40. The van der Waals surface area contributed by atoms with E-state index >= 15 is 0 Å². The molecule has 0 spiro atoms. The summed E-state index contributed by atoms with van der Waals surface area (Å²) in [5.74, 6) is 0. The number of unbranched alkanes of at least 4 members (excludes halogenated alkanes) is 5. The van der Waals surface area contributed by atoms with Gasteiger partial charge >= 0.3 is 0 Å². The molecular formula is C16H30N2O. The monoisotopic (exact) mass is 266 g/mol. The van der Waals surface area contributed by atoms with Crippen molar-refractivity contribution in [3.05, 3.63) is 24.6 Å². The maximum absolute atomic E-state index is 9.59. The molecule has 1 rings (SSSR count). The van der Waals surface area contributed by atoms with Crippen molar-refractivity contribution in [1.29, 1.82) is 0 Å². The van der Waals surface area contributed by atoms with Crippen molar-refractivity contribution in [2.24, 2.45) is 0 Å². The topological polar surface area (TPSA) is 35.5 Å².